The number of aliphatic hydroxyl groups excluding tert-OH is 1. The summed E-state index contributed by atoms with van der Waals surface area (Å²) in [7, 11) is 0. The Balaban J connectivity index is 1.96. The molecule has 1 amide bonds. The Bertz CT molecular complexity index is 415. The molecule has 7 heteroatoms. The summed E-state index contributed by atoms with van der Waals surface area (Å²) in [5, 5.41) is 23.0. The summed E-state index contributed by atoms with van der Waals surface area (Å²) in [5.74, 6) is 0.701. The fourth-order valence-corrected chi connectivity index (χ4v) is 2.11. The first-order chi connectivity index (χ1) is 9.24. The molecule has 106 valence electrons. The number of piperidine rings is 1. The fraction of sp³-hybridized carbons (Fsp3) is 0.750. The summed E-state index contributed by atoms with van der Waals surface area (Å²) in [6.07, 6.45) is 2.26. The smallest absolute Gasteiger partial charge is 0.241 e. The molecule has 1 aromatic heterocycles. The third-order valence-electron chi connectivity index (χ3n) is 3.29. The second kappa shape index (κ2) is 6.63. The van der Waals surface area contributed by atoms with Crippen LogP contribution in [-0.4, -0.2) is 40.9 Å². The highest BCUT2D eigenvalue weighted by atomic mass is 16.4. The van der Waals surface area contributed by atoms with E-state index < -0.39 is 6.04 Å². The number of carbonyl (C=O) groups excluding carboxylic acids is 1. The fourth-order valence-electron chi connectivity index (χ4n) is 2.11. The average Bonchev–Trinajstić information content (AvgIpc) is 2.94. The highest BCUT2D eigenvalue weighted by Gasteiger charge is 2.26. The molecule has 0 unspecified atom stereocenters. The summed E-state index contributed by atoms with van der Waals surface area (Å²) in [6.45, 7) is 3.35. The molecule has 1 saturated heterocycles. The number of nitrogens with zero attached hydrogens (tertiary/aromatic N) is 2. The Morgan fingerprint density at radius 1 is 1.53 bits per heavy atom. The molecule has 0 bridgehead atoms. The average molecular weight is 268 g/mol. The molecule has 7 nitrogen and oxygen atoms in total. The van der Waals surface area contributed by atoms with E-state index in [-0.39, 0.29) is 24.3 Å². The van der Waals surface area contributed by atoms with Crippen LogP contribution in [0.1, 0.15) is 37.6 Å². The quantitative estimate of drug-likeness (QED) is 0.682. The van der Waals surface area contributed by atoms with Crippen LogP contribution < -0.4 is 10.6 Å². The highest BCUT2D eigenvalue weighted by molar-refractivity contribution is 5.79. The van der Waals surface area contributed by atoms with Gasteiger partial charge < -0.3 is 20.2 Å². The highest BCUT2D eigenvalue weighted by Crippen LogP contribution is 2.16. The second-order valence-corrected chi connectivity index (χ2v) is 4.66. The van der Waals surface area contributed by atoms with Crippen LogP contribution in [0, 0.1) is 5.92 Å². The molecular formula is C12H20N4O3. The summed E-state index contributed by atoms with van der Waals surface area (Å²) >= 11 is 0. The second-order valence-electron chi connectivity index (χ2n) is 4.66. The van der Waals surface area contributed by atoms with Crippen molar-refractivity contribution in [2.75, 3.05) is 19.7 Å². The normalized spacial score (nSPS) is 18.2. The topological polar surface area (TPSA) is 100 Å². The van der Waals surface area contributed by atoms with Gasteiger partial charge in [0.25, 0.3) is 0 Å². The van der Waals surface area contributed by atoms with E-state index in [1.807, 2.05) is 6.92 Å². The van der Waals surface area contributed by atoms with E-state index in [0.29, 0.717) is 12.3 Å². The van der Waals surface area contributed by atoms with E-state index in [0.717, 1.165) is 25.9 Å². The Kier molecular flexibility index (Phi) is 4.86. The first-order valence-electron chi connectivity index (χ1n) is 6.68. The number of rotatable bonds is 5. The van der Waals surface area contributed by atoms with Gasteiger partial charge in [0.05, 0.1) is 6.61 Å². The van der Waals surface area contributed by atoms with Crippen LogP contribution in [0.15, 0.2) is 4.42 Å². The number of carbonyl (C=O) groups is 1. The standard InChI is InChI=1S/C12H20N4O3/c1-2-10-15-16-12(19-10)9(7-17)14-11(18)8-3-5-13-6-4-8/h8-9,13,17H,2-7H2,1H3,(H,14,18)/t9-/m0/s1. The molecular weight excluding hydrogens is 248 g/mol. The Morgan fingerprint density at radius 2 is 2.26 bits per heavy atom. The maximum absolute atomic E-state index is 12.1. The lowest BCUT2D eigenvalue weighted by atomic mass is 9.97. The number of nitrogens with one attached hydrogen (secondary N) is 2. The van der Waals surface area contributed by atoms with E-state index >= 15 is 0 Å². The Labute approximate surface area is 111 Å². The maximum Gasteiger partial charge on any atom is 0.241 e. The van der Waals surface area contributed by atoms with Gasteiger partial charge in [-0.3, -0.25) is 4.79 Å². The van der Waals surface area contributed by atoms with Crippen LogP contribution in [0.25, 0.3) is 0 Å². The molecule has 2 rings (SSSR count). The van der Waals surface area contributed by atoms with Crippen molar-refractivity contribution < 1.29 is 14.3 Å². The van der Waals surface area contributed by atoms with Crippen molar-refractivity contribution in [1.82, 2.24) is 20.8 Å². The van der Waals surface area contributed by atoms with Crippen molar-refractivity contribution in [2.24, 2.45) is 5.92 Å². The van der Waals surface area contributed by atoms with Crippen LogP contribution in [-0.2, 0) is 11.2 Å². The zero-order valence-electron chi connectivity index (χ0n) is 11.1. The molecule has 19 heavy (non-hydrogen) atoms. The summed E-state index contributed by atoms with van der Waals surface area (Å²) in [6, 6.07) is -0.616. The minimum absolute atomic E-state index is 0.0103. The third-order valence-corrected chi connectivity index (χ3v) is 3.29. The van der Waals surface area contributed by atoms with Gasteiger partial charge in [-0.05, 0) is 25.9 Å². The molecule has 1 aliphatic rings. The lowest BCUT2D eigenvalue weighted by Gasteiger charge is -2.23. The molecule has 2 heterocycles. The summed E-state index contributed by atoms with van der Waals surface area (Å²) in [5.41, 5.74) is 0. The van der Waals surface area contributed by atoms with E-state index in [9.17, 15) is 9.90 Å². The molecule has 1 atom stereocenters. The predicted molar refractivity (Wildman–Crippen MR) is 67.2 cm³/mol. The molecule has 0 aliphatic carbocycles. The minimum Gasteiger partial charge on any atom is -0.423 e. The number of aromatic nitrogens is 2. The molecule has 0 aromatic carbocycles. The van der Waals surface area contributed by atoms with Gasteiger partial charge in [-0.25, -0.2) is 0 Å². The van der Waals surface area contributed by atoms with Crippen LogP contribution >= 0.6 is 0 Å². The van der Waals surface area contributed by atoms with Gasteiger partial charge in [0.1, 0.15) is 6.04 Å². The largest absolute Gasteiger partial charge is 0.423 e. The Morgan fingerprint density at radius 3 is 2.84 bits per heavy atom. The van der Waals surface area contributed by atoms with Crippen LogP contribution in [0.4, 0.5) is 0 Å². The number of hydrogen-bond acceptors (Lipinski definition) is 6. The molecule has 3 N–H and O–H groups in total. The van der Waals surface area contributed by atoms with Gasteiger partial charge in [0, 0.05) is 12.3 Å². The number of amides is 1. The van der Waals surface area contributed by atoms with Crippen molar-refractivity contribution in [3.05, 3.63) is 11.8 Å². The predicted octanol–water partition coefficient (Wildman–Crippen LogP) is -0.219. The van der Waals surface area contributed by atoms with E-state index in [1.165, 1.54) is 0 Å². The lowest BCUT2D eigenvalue weighted by molar-refractivity contribution is -0.127. The summed E-state index contributed by atoms with van der Waals surface area (Å²) in [4.78, 5) is 12.1. The first kappa shape index (κ1) is 14.0. The maximum atomic E-state index is 12.1. The SMILES string of the molecule is CCc1nnc([C@H](CO)NC(=O)C2CCNCC2)o1. The summed E-state index contributed by atoms with van der Waals surface area (Å²) < 4.78 is 5.36. The van der Waals surface area contributed by atoms with Crippen molar-refractivity contribution in [3.63, 3.8) is 0 Å². The van der Waals surface area contributed by atoms with E-state index in [2.05, 4.69) is 20.8 Å². The number of aliphatic hydroxyl groups is 1. The zero-order chi connectivity index (χ0) is 13.7. The van der Waals surface area contributed by atoms with Crippen LogP contribution in [0.5, 0.6) is 0 Å². The zero-order valence-corrected chi connectivity index (χ0v) is 11.1. The number of hydrogen-bond donors (Lipinski definition) is 3. The molecule has 1 aliphatic heterocycles. The van der Waals surface area contributed by atoms with E-state index in [1.54, 1.807) is 0 Å². The van der Waals surface area contributed by atoms with Gasteiger partial charge in [-0.2, -0.15) is 0 Å². The van der Waals surface area contributed by atoms with Gasteiger partial charge in [-0.15, -0.1) is 10.2 Å². The van der Waals surface area contributed by atoms with Crippen LogP contribution in [0.2, 0.25) is 0 Å². The van der Waals surface area contributed by atoms with Crippen LogP contribution in [0.3, 0.4) is 0 Å². The van der Waals surface area contributed by atoms with E-state index in [4.69, 9.17) is 4.42 Å². The lowest BCUT2D eigenvalue weighted by Crippen LogP contribution is -2.40. The Hall–Kier alpha value is -1.47. The van der Waals surface area contributed by atoms with Crippen molar-refractivity contribution in [1.29, 1.82) is 0 Å². The first-order valence-corrected chi connectivity index (χ1v) is 6.68. The van der Waals surface area contributed by atoms with Gasteiger partial charge in [-0.1, -0.05) is 6.92 Å². The van der Waals surface area contributed by atoms with Crippen molar-refractivity contribution >= 4 is 5.91 Å². The van der Waals surface area contributed by atoms with Gasteiger partial charge in [0.15, 0.2) is 0 Å². The monoisotopic (exact) mass is 268 g/mol. The molecule has 0 spiro atoms. The minimum atomic E-state index is -0.616. The van der Waals surface area contributed by atoms with Gasteiger partial charge >= 0.3 is 0 Å². The van der Waals surface area contributed by atoms with Crippen molar-refractivity contribution in [3.8, 4) is 0 Å². The molecule has 1 aromatic rings. The third kappa shape index (κ3) is 3.51. The van der Waals surface area contributed by atoms with Gasteiger partial charge in [0.2, 0.25) is 17.7 Å². The van der Waals surface area contributed by atoms with Crippen molar-refractivity contribution in [2.45, 2.75) is 32.2 Å². The number of aryl methyl sites for hydroxylation is 1. The molecule has 0 radical (unpaired) electrons. The molecule has 0 saturated carbocycles. The molecule has 1 fully saturated rings.